The minimum Gasteiger partial charge on any atom is -0.444 e. The molecule has 0 aromatic heterocycles. The number of carbonyl (C=O) groups is 1. The first-order valence-electron chi connectivity index (χ1n) is 7.86. The van der Waals surface area contributed by atoms with Gasteiger partial charge in [-0.25, -0.2) is 4.79 Å². The Morgan fingerprint density at radius 1 is 1.35 bits per heavy atom. The number of ether oxygens (including phenoxy) is 1. The van der Waals surface area contributed by atoms with Crippen molar-refractivity contribution in [2.75, 3.05) is 26.2 Å². The van der Waals surface area contributed by atoms with Gasteiger partial charge in [0, 0.05) is 26.2 Å². The topological polar surface area (TPSA) is 41.6 Å². The first kappa shape index (κ1) is 15.6. The smallest absolute Gasteiger partial charge is 0.410 e. The second-order valence-electron chi connectivity index (χ2n) is 8.10. The third-order valence-corrected chi connectivity index (χ3v) is 4.79. The highest BCUT2D eigenvalue weighted by atomic mass is 16.6. The summed E-state index contributed by atoms with van der Waals surface area (Å²) in [6.07, 6.45) is 3.26. The highest BCUT2D eigenvalue weighted by Crippen LogP contribution is 2.44. The summed E-state index contributed by atoms with van der Waals surface area (Å²) in [5.41, 5.74) is 0.193. The van der Waals surface area contributed by atoms with E-state index >= 15 is 0 Å². The molecule has 2 aliphatic rings. The zero-order valence-electron chi connectivity index (χ0n) is 13.7. The molecule has 2 saturated heterocycles. The van der Waals surface area contributed by atoms with E-state index in [-0.39, 0.29) is 11.5 Å². The van der Waals surface area contributed by atoms with Crippen molar-refractivity contribution in [1.82, 2.24) is 10.2 Å². The van der Waals surface area contributed by atoms with Crippen molar-refractivity contribution in [2.24, 2.45) is 10.8 Å². The number of likely N-dealkylation sites (tertiary alicyclic amines) is 1. The predicted molar refractivity (Wildman–Crippen MR) is 80.7 cm³/mol. The van der Waals surface area contributed by atoms with Crippen LogP contribution in [0.1, 0.15) is 53.9 Å². The van der Waals surface area contributed by atoms with Gasteiger partial charge < -0.3 is 15.0 Å². The minimum absolute atomic E-state index is 0.151. The maximum absolute atomic E-state index is 12.4. The molecule has 1 amide bonds. The number of nitrogens with zero attached hydrogens (tertiary/aromatic N) is 1. The molecule has 1 atom stereocenters. The average molecular weight is 282 g/mol. The average Bonchev–Trinajstić information content (AvgIpc) is 2.44. The third-order valence-electron chi connectivity index (χ3n) is 4.79. The number of carbonyl (C=O) groups excluding carboxylic acids is 1. The fourth-order valence-corrected chi connectivity index (χ4v) is 3.46. The van der Waals surface area contributed by atoms with Crippen LogP contribution in [-0.4, -0.2) is 42.8 Å². The highest BCUT2D eigenvalue weighted by Gasteiger charge is 2.46. The van der Waals surface area contributed by atoms with Gasteiger partial charge in [0.05, 0.1) is 0 Å². The summed E-state index contributed by atoms with van der Waals surface area (Å²) in [7, 11) is 0. The molecule has 1 unspecified atom stereocenters. The molecule has 116 valence electrons. The molecule has 0 saturated carbocycles. The molecular formula is C16H30N2O2. The molecule has 2 aliphatic heterocycles. The van der Waals surface area contributed by atoms with Gasteiger partial charge in [0.2, 0.25) is 0 Å². The van der Waals surface area contributed by atoms with Gasteiger partial charge in [-0.15, -0.1) is 0 Å². The van der Waals surface area contributed by atoms with Gasteiger partial charge in [-0.2, -0.15) is 0 Å². The monoisotopic (exact) mass is 282 g/mol. The van der Waals surface area contributed by atoms with Crippen LogP contribution >= 0.6 is 0 Å². The molecule has 0 bridgehead atoms. The van der Waals surface area contributed by atoms with Crippen molar-refractivity contribution in [3.8, 4) is 0 Å². The summed E-state index contributed by atoms with van der Waals surface area (Å²) in [4.78, 5) is 14.3. The Bertz CT molecular complexity index is 371. The second-order valence-corrected chi connectivity index (χ2v) is 8.10. The van der Waals surface area contributed by atoms with E-state index in [1.165, 1.54) is 6.42 Å². The molecule has 2 heterocycles. The van der Waals surface area contributed by atoms with Crippen LogP contribution in [0.4, 0.5) is 4.79 Å². The lowest BCUT2D eigenvalue weighted by molar-refractivity contribution is 0.0186. The Hall–Kier alpha value is -0.770. The van der Waals surface area contributed by atoms with Gasteiger partial charge in [-0.05, 0) is 50.9 Å². The molecule has 2 rings (SSSR count). The highest BCUT2D eigenvalue weighted by molar-refractivity contribution is 5.68. The van der Waals surface area contributed by atoms with Crippen molar-refractivity contribution in [3.05, 3.63) is 0 Å². The maximum atomic E-state index is 12.4. The summed E-state index contributed by atoms with van der Waals surface area (Å²) in [6.45, 7) is 14.2. The molecular weight excluding hydrogens is 252 g/mol. The summed E-state index contributed by atoms with van der Waals surface area (Å²) in [6, 6.07) is 0. The third kappa shape index (κ3) is 3.46. The van der Waals surface area contributed by atoms with E-state index in [4.69, 9.17) is 4.74 Å². The van der Waals surface area contributed by atoms with E-state index in [0.29, 0.717) is 5.41 Å². The number of hydrogen-bond acceptors (Lipinski definition) is 3. The molecule has 0 aliphatic carbocycles. The SMILES string of the molecule is CCC1(C)CN(C(=O)OC(C)(C)C)CCC2(CNC2)C1. The Morgan fingerprint density at radius 2 is 2.00 bits per heavy atom. The van der Waals surface area contributed by atoms with Crippen molar-refractivity contribution >= 4 is 6.09 Å². The largest absolute Gasteiger partial charge is 0.444 e. The second kappa shape index (κ2) is 5.21. The summed E-state index contributed by atoms with van der Waals surface area (Å²) >= 11 is 0. The van der Waals surface area contributed by atoms with Gasteiger partial charge in [0.25, 0.3) is 0 Å². The van der Waals surface area contributed by atoms with E-state index in [0.717, 1.165) is 39.0 Å². The Morgan fingerprint density at radius 3 is 2.45 bits per heavy atom. The normalized spacial score (nSPS) is 29.8. The summed E-state index contributed by atoms with van der Waals surface area (Å²) < 4.78 is 5.56. The molecule has 1 spiro atoms. The van der Waals surface area contributed by atoms with Gasteiger partial charge in [-0.3, -0.25) is 0 Å². The Kier molecular flexibility index (Phi) is 4.07. The predicted octanol–water partition coefficient (Wildman–Crippen LogP) is 3.02. The maximum Gasteiger partial charge on any atom is 0.410 e. The molecule has 0 aromatic rings. The van der Waals surface area contributed by atoms with Gasteiger partial charge >= 0.3 is 6.09 Å². The van der Waals surface area contributed by atoms with Crippen LogP contribution in [0.2, 0.25) is 0 Å². The standard InChI is InChI=1S/C16H30N2O2/c1-6-15(5)9-16(10-17-11-16)7-8-18(12-15)13(19)20-14(2,3)4/h17H,6-12H2,1-5H3. The minimum atomic E-state index is -0.415. The Balaban J connectivity index is 2.09. The van der Waals surface area contributed by atoms with Crippen molar-refractivity contribution < 1.29 is 9.53 Å². The first-order valence-corrected chi connectivity index (χ1v) is 7.86. The lowest BCUT2D eigenvalue weighted by atomic mass is 9.67. The molecule has 1 N–H and O–H groups in total. The Labute approximate surface area is 123 Å². The van der Waals surface area contributed by atoms with Crippen LogP contribution < -0.4 is 5.32 Å². The number of hydrogen-bond donors (Lipinski definition) is 1. The lowest BCUT2D eigenvalue weighted by Gasteiger charge is -2.46. The lowest BCUT2D eigenvalue weighted by Crippen LogP contribution is -2.55. The van der Waals surface area contributed by atoms with Crippen molar-refractivity contribution in [1.29, 1.82) is 0 Å². The van der Waals surface area contributed by atoms with Gasteiger partial charge in [-0.1, -0.05) is 13.8 Å². The quantitative estimate of drug-likeness (QED) is 0.804. The number of rotatable bonds is 1. The molecule has 4 heteroatoms. The van der Waals surface area contributed by atoms with E-state index in [9.17, 15) is 4.79 Å². The molecule has 0 aromatic carbocycles. The fourth-order valence-electron chi connectivity index (χ4n) is 3.46. The van der Waals surface area contributed by atoms with E-state index in [1.54, 1.807) is 0 Å². The number of amides is 1. The molecule has 2 fully saturated rings. The zero-order chi connectivity index (χ0) is 15.0. The van der Waals surface area contributed by atoms with Crippen LogP contribution in [0.5, 0.6) is 0 Å². The zero-order valence-corrected chi connectivity index (χ0v) is 13.7. The van der Waals surface area contributed by atoms with Crippen molar-refractivity contribution in [3.63, 3.8) is 0 Å². The van der Waals surface area contributed by atoms with Crippen molar-refractivity contribution in [2.45, 2.75) is 59.5 Å². The van der Waals surface area contributed by atoms with E-state index < -0.39 is 5.60 Å². The van der Waals surface area contributed by atoms with Gasteiger partial charge in [0.1, 0.15) is 5.60 Å². The van der Waals surface area contributed by atoms with E-state index in [2.05, 4.69) is 19.2 Å². The molecule has 4 nitrogen and oxygen atoms in total. The van der Waals surface area contributed by atoms with Gasteiger partial charge in [0.15, 0.2) is 0 Å². The van der Waals surface area contributed by atoms with Crippen LogP contribution in [-0.2, 0) is 4.74 Å². The van der Waals surface area contributed by atoms with Crippen LogP contribution in [0.25, 0.3) is 0 Å². The molecule has 20 heavy (non-hydrogen) atoms. The van der Waals surface area contributed by atoms with Crippen LogP contribution in [0.3, 0.4) is 0 Å². The van der Waals surface area contributed by atoms with Crippen LogP contribution in [0, 0.1) is 10.8 Å². The van der Waals surface area contributed by atoms with Crippen LogP contribution in [0.15, 0.2) is 0 Å². The molecule has 0 radical (unpaired) electrons. The fraction of sp³-hybridized carbons (Fsp3) is 0.938. The summed E-state index contributed by atoms with van der Waals surface area (Å²) in [5, 5.41) is 3.41. The number of nitrogens with one attached hydrogen (secondary N) is 1. The summed E-state index contributed by atoms with van der Waals surface area (Å²) in [5.74, 6) is 0. The van der Waals surface area contributed by atoms with E-state index in [1.807, 2.05) is 25.7 Å². The first-order chi connectivity index (χ1) is 9.17.